The maximum absolute atomic E-state index is 11.7. The lowest BCUT2D eigenvalue weighted by Crippen LogP contribution is -2.31. The van der Waals surface area contributed by atoms with E-state index in [4.69, 9.17) is 4.74 Å². The zero-order valence-corrected chi connectivity index (χ0v) is 11.8. The van der Waals surface area contributed by atoms with E-state index in [1.54, 1.807) is 31.2 Å². The molecule has 1 aromatic carbocycles. The largest absolute Gasteiger partial charge is 0.550 e. The Bertz CT molecular complexity index is 442. The van der Waals surface area contributed by atoms with Gasteiger partial charge in [-0.15, -0.1) is 0 Å². The number of benzene rings is 1. The van der Waals surface area contributed by atoms with Gasteiger partial charge < -0.3 is 20.0 Å². The van der Waals surface area contributed by atoms with Crippen LogP contribution in [0.4, 0.5) is 5.69 Å². The van der Waals surface area contributed by atoms with Crippen molar-refractivity contribution in [3.05, 3.63) is 24.3 Å². The minimum absolute atomic E-state index is 0.166. The molecule has 0 aliphatic carbocycles. The van der Waals surface area contributed by atoms with Crippen LogP contribution >= 0.6 is 0 Å². The van der Waals surface area contributed by atoms with E-state index in [9.17, 15) is 14.7 Å². The fraction of sp³-hybridized carbons (Fsp3) is 0.467. The third-order valence-corrected chi connectivity index (χ3v) is 3.00. The van der Waals surface area contributed by atoms with Gasteiger partial charge in [0.05, 0.1) is 6.61 Å². The SMILES string of the molecule is CCOc1ccc(NC(=O)CC[C@@H](CC)C(=O)[O-])cc1. The van der Waals surface area contributed by atoms with E-state index >= 15 is 0 Å². The molecule has 0 saturated carbocycles. The number of rotatable bonds is 8. The fourth-order valence-electron chi connectivity index (χ4n) is 1.82. The Balaban J connectivity index is 2.43. The van der Waals surface area contributed by atoms with Crippen molar-refractivity contribution < 1.29 is 19.4 Å². The van der Waals surface area contributed by atoms with E-state index in [0.717, 1.165) is 5.75 Å². The predicted molar refractivity (Wildman–Crippen MR) is 74.3 cm³/mol. The first kappa shape index (κ1) is 16.0. The van der Waals surface area contributed by atoms with E-state index in [-0.39, 0.29) is 12.3 Å². The van der Waals surface area contributed by atoms with Gasteiger partial charge in [-0.2, -0.15) is 0 Å². The maximum atomic E-state index is 11.7. The Labute approximate surface area is 118 Å². The number of carboxylic acids is 1. The molecule has 110 valence electrons. The molecule has 0 aliphatic rings. The van der Waals surface area contributed by atoms with Crippen LogP contribution in [0.25, 0.3) is 0 Å². The van der Waals surface area contributed by atoms with Gasteiger partial charge in [-0.1, -0.05) is 6.92 Å². The van der Waals surface area contributed by atoms with E-state index in [1.165, 1.54) is 0 Å². The summed E-state index contributed by atoms with van der Waals surface area (Å²) in [5.74, 6) is -1.12. The van der Waals surface area contributed by atoms with Gasteiger partial charge in [0.1, 0.15) is 5.75 Å². The van der Waals surface area contributed by atoms with Crippen molar-refractivity contribution in [2.75, 3.05) is 11.9 Å². The average molecular weight is 278 g/mol. The number of aliphatic carboxylic acids is 1. The molecule has 0 saturated heterocycles. The van der Waals surface area contributed by atoms with Gasteiger partial charge >= 0.3 is 0 Å². The smallest absolute Gasteiger partial charge is 0.224 e. The number of hydrogen-bond acceptors (Lipinski definition) is 4. The highest BCUT2D eigenvalue weighted by Gasteiger charge is 2.10. The molecular formula is C15H20NO4-. The molecular weight excluding hydrogens is 258 g/mol. The van der Waals surface area contributed by atoms with Crippen LogP contribution in [0.3, 0.4) is 0 Å². The summed E-state index contributed by atoms with van der Waals surface area (Å²) in [5, 5.41) is 13.5. The van der Waals surface area contributed by atoms with Gasteiger partial charge in [-0.05, 0) is 49.9 Å². The molecule has 0 heterocycles. The molecule has 1 rings (SSSR count). The minimum Gasteiger partial charge on any atom is -0.550 e. The van der Waals surface area contributed by atoms with Crippen LogP contribution in [0.15, 0.2) is 24.3 Å². The Morgan fingerprint density at radius 2 is 1.90 bits per heavy atom. The highest BCUT2D eigenvalue weighted by molar-refractivity contribution is 5.90. The third kappa shape index (κ3) is 5.30. The number of anilines is 1. The Morgan fingerprint density at radius 1 is 1.25 bits per heavy atom. The third-order valence-electron chi connectivity index (χ3n) is 3.00. The number of hydrogen-bond donors (Lipinski definition) is 1. The molecule has 1 amide bonds. The second kappa shape index (κ2) is 8.19. The molecule has 1 N–H and O–H groups in total. The molecule has 0 spiro atoms. The summed E-state index contributed by atoms with van der Waals surface area (Å²) in [4.78, 5) is 22.5. The Hall–Kier alpha value is -2.04. The first-order valence-electron chi connectivity index (χ1n) is 6.80. The van der Waals surface area contributed by atoms with Crippen LogP contribution in [-0.4, -0.2) is 18.5 Å². The lowest BCUT2D eigenvalue weighted by Gasteiger charge is -2.15. The molecule has 0 fully saturated rings. The second-order valence-corrected chi connectivity index (χ2v) is 4.47. The number of amides is 1. The Morgan fingerprint density at radius 3 is 2.40 bits per heavy atom. The van der Waals surface area contributed by atoms with Crippen molar-refractivity contribution in [1.29, 1.82) is 0 Å². The first-order chi connectivity index (χ1) is 9.56. The summed E-state index contributed by atoms with van der Waals surface area (Å²) in [6.45, 7) is 4.26. The second-order valence-electron chi connectivity index (χ2n) is 4.47. The number of ether oxygens (including phenoxy) is 1. The summed E-state index contributed by atoms with van der Waals surface area (Å²) in [6.07, 6.45) is 0.931. The summed E-state index contributed by atoms with van der Waals surface area (Å²) < 4.78 is 5.30. The van der Waals surface area contributed by atoms with Crippen LogP contribution in [0.1, 0.15) is 33.1 Å². The summed E-state index contributed by atoms with van der Waals surface area (Å²) in [5.41, 5.74) is 0.667. The van der Waals surface area contributed by atoms with Crippen molar-refractivity contribution >= 4 is 17.6 Å². The predicted octanol–water partition coefficient (Wildman–Crippen LogP) is 1.58. The molecule has 1 atom stereocenters. The van der Waals surface area contributed by atoms with Crippen molar-refractivity contribution in [2.45, 2.75) is 33.1 Å². The average Bonchev–Trinajstić information content (AvgIpc) is 2.41. The highest BCUT2D eigenvalue weighted by Crippen LogP contribution is 2.16. The van der Waals surface area contributed by atoms with E-state index in [1.807, 2.05) is 6.92 Å². The summed E-state index contributed by atoms with van der Waals surface area (Å²) in [7, 11) is 0. The zero-order chi connectivity index (χ0) is 15.0. The monoisotopic (exact) mass is 278 g/mol. The van der Waals surface area contributed by atoms with E-state index in [2.05, 4.69) is 5.32 Å². The first-order valence-corrected chi connectivity index (χ1v) is 6.80. The molecule has 20 heavy (non-hydrogen) atoms. The normalized spacial score (nSPS) is 11.7. The number of carboxylic acid groups (broad SMARTS) is 1. The molecule has 0 unspecified atom stereocenters. The van der Waals surface area contributed by atoms with Gasteiger partial charge in [0, 0.05) is 18.1 Å². The van der Waals surface area contributed by atoms with E-state index in [0.29, 0.717) is 25.1 Å². The summed E-state index contributed by atoms with van der Waals surface area (Å²) in [6, 6.07) is 7.04. The van der Waals surface area contributed by atoms with Gasteiger partial charge in [-0.25, -0.2) is 0 Å². The molecule has 0 aromatic heterocycles. The molecule has 0 bridgehead atoms. The fourth-order valence-corrected chi connectivity index (χ4v) is 1.82. The molecule has 5 nitrogen and oxygen atoms in total. The van der Waals surface area contributed by atoms with Crippen LogP contribution in [0.5, 0.6) is 5.75 Å². The van der Waals surface area contributed by atoms with Gasteiger partial charge in [0.25, 0.3) is 0 Å². The van der Waals surface area contributed by atoms with Crippen LogP contribution in [0.2, 0.25) is 0 Å². The standard InChI is InChI=1S/C15H21NO4/c1-3-11(15(18)19)5-10-14(17)16-12-6-8-13(9-7-12)20-4-2/h6-9,11H,3-5,10H2,1-2H3,(H,16,17)(H,18,19)/p-1/t11-/m1/s1. The van der Waals surface area contributed by atoms with Gasteiger partial charge in [-0.3, -0.25) is 4.79 Å². The van der Waals surface area contributed by atoms with Crippen LogP contribution in [0, 0.1) is 5.92 Å². The van der Waals surface area contributed by atoms with Gasteiger partial charge in [0.2, 0.25) is 5.91 Å². The Kier molecular flexibility index (Phi) is 6.56. The van der Waals surface area contributed by atoms with Crippen molar-refractivity contribution in [3.63, 3.8) is 0 Å². The number of carbonyl (C=O) groups excluding carboxylic acids is 2. The number of carbonyl (C=O) groups is 2. The molecule has 0 radical (unpaired) electrons. The van der Waals surface area contributed by atoms with Crippen molar-refractivity contribution in [3.8, 4) is 5.75 Å². The zero-order valence-electron chi connectivity index (χ0n) is 11.8. The molecule has 5 heteroatoms. The van der Waals surface area contributed by atoms with Gasteiger partial charge in [0.15, 0.2) is 0 Å². The lowest BCUT2D eigenvalue weighted by molar-refractivity contribution is -0.311. The number of nitrogens with one attached hydrogen (secondary N) is 1. The van der Waals surface area contributed by atoms with Crippen molar-refractivity contribution in [1.82, 2.24) is 0 Å². The topological polar surface area (TPSA) is 78.5 Å². The van der Waals surface area contributed by atoms with E-state index < -0.39 is 11.9 Å². The maximum Gasteiger partial charge on any atom is 0.224 e. The van der Waals surface area contributed by atoms with Crippen LogP contribution < -0.4 is 15.2 Å². The molecule has 1 aromatic rings. The van der Waals surface area contributed by atoms with Crippen LogP contribution in [-0.2, 0) is 9.59 Å². The molecule has 0 aliphatic heterocycles. The summed E-state index contributed by atoms with van der Waals surface area (Å²) >= 11 is 0. The lowest BCUT2D eigenvalue weighted by atomic mass is 10.0. The van der Waals surface area contributed by atoms with Crippen molar-refractivity contribution in [2.24, 2.45) is 5.92 Å². The minimum atomic E-state index is -1.10. The quantitative estimate of drug-likeness (QED) is 0.783. The highest BCUT2D eigenvalue weighted by atomic mass is 16.5.